The van der Waals surface area contributed by atoms with Crippen molar-refractivity contribution in [1.82, 2.24) is 9.80 Å². The summed E-state index contributed by atoms with van der Waals surface area (Å²) >= 11 is 0. The van der Waals surface area contributed by atoms with Crippen LogP contribution >= 0.6 is 0 Å². The van der Waals surface area contributed by atoms with Crippen LogP contribution in [0.1, 0.15) is 18.1 Å². The topological polar surface area (TPSA) is 60.9 Å². The van der Waals surface area contributed by atoms with E-state index in [9.17, 15) is 9.59 Å². The minimum absolute atomic E-state index is 0.270. The normalized spacial score (nSPS) is 10.1. The van der Waals surface area contributed by atoms with E-state index in [1.165, 1.54) is 9.80 Å². The van der Waals surface area contributed by atoms with Gasteiger partial charge in [0.1, 0.15) is 6.54 Å². The number of carboxylic acids is 1. The molecule has 0 atom stereocenters. The van der Waals surface area contributed by atoms with E-state index in [0.29, 0.717) is 13.1 Å². The number of carboxylic acid groups (broad SMARTS) is 1. The molecule has 0 radical (unpaired) electrons. The maximum atomic E-state index is 12.1. The molecule has 0 aliphatic heterocycles. The van der Waals surface area contributed by atoms with Gasteiger partial charge in [0.25, 0.3) is 0 Å². The summed E-state index contributed by atoms with van der Waals surface area (Å²) in [5.41, 5.74) is 2.17. The Morgan fingerprint density at radius 1 is 1.32 bits per heavy atom. The molecule has 5 heteroatoms. The third-order valence-electron chi connectivity index (χ3n) is 2.81. The number of urea groups is 1. The molecule has 1 aromatic rings. The summed E-state index contributed by atoms with van der Waals surface area (Å²) < 4.78 is 0. The van der Waals surface area contributed by atoms with Crippen molar-refractivity contribution < 1.29 is 14.7 Å². The maximum absolute atomic E-state index is 12.1. The minimum atomic E-state index is -1.00. The fourth-order valence-electron chi connectivity index (χ4n) is 1.87. The lowest BCUT2D eigenvalue weighted by atomic mass is 10.1. The smallest absolute Gasteiger partial charge is 0.323 e. The molecule has 0 saturated carbocycles. The molecular weight excluding hydrogens is 244 g/mol. The quantitative estimate of drug-likeness (QED) is 0.884. The summed E-state index contributed by atoms with van der Waals surface area (Å²) in [4.78, 5) is 25.6. The molecule has 5 nitrogen and oxygen atoms in total. The summed E-state index contributed by atoms with van der Waals surface area (Å²) in [5.74, 6) is -1.00. The summed E-state index contributed by atoms with van der Waals surface area (Å²) in [5, 5.41) is 8.76. The van der Waals surface area contributed by atoms with Crippen LogP contribution in [0, 0.1) is 6.92 Å². The Hall–Kier alpha value is -2.04. The summed E-state index contributed by atoms with van der Waals surface area (Å²) in [6, 6.07) is 7.62. The number of aliphatic carboxylic acids is 1. The monoisotopic (exact) mass is 264 g/mol. The first-order chi connectivity index (χ1) is 8.93. The number of hydrogen-bond acceptors (Lipinski definition) is 2. The molecule has 0 aliphatic carbocycles. The standard InChI is InChI=1S/C14H20N2O3/c1-4-16(10-13(17)18)14(19)15(3)9-12-7-5-6-11(2)8-12/h5-8H,4,9-10H2,1-3H3,(H,17,18). The Labute approximate surface area is 113 Å². The number of carbonyl (C=O) groups is 2. The number of likely N-dealkylation sites (N-methyl/N-ethyl adjacent to an activating group) is 1. The molecule has 0 unspecified atom stereocenters. The predicted octanol–water partition coefficient (Wildman–Crippen LogP) is 1.95. The summed E-state index contributed by atoms with van der Waals surface area (Å²) in [7, 11) is 1.68. The molecule has 0 aromatic heterocycles. The molecule has 19 heavy (non-hydrogen) atoms. The lowest BCUT2D eigenvalue weighted by Gasteiger charge is -2.26. The van der Waals surface area contributed by atoms with Crippen LogP contribution in [0.2, 0.25) is 0 Å². The van der Waals surface area contributed by atoms with Crippen LogP contribution in [0.25, 0.3) is 0 Å². The molecule has 0 saturated heterocycles. The predicted molar refractivity (Wildman–Crippen MR) is 72.9 cm³/mol. The molecule has 2 amide bonds. The van der Waals surface area contributed by atoms with Gasteiger partial charge >= 0.3 is 12.0 Å². The molecular formula is C14H20N2O3. The number of nitrogens with zero attached hydrogens (tertiary/aromatic N) is 2. The van der Waals surface area contributed by atoms with Crippen LogP contribution in [0.15, 0.2) is 24.3 Å². The van der Waals surface area contributed by atoms with Gasteiger partial charge in [-0.05, 0) is 19.4 Å². The van der Waals surface area contributed by atoms with Crippen molar-refractivity contribution in [3.63, 3.8) is 0 Å². The molecule has 1 rings (SSSR count). The van der Waals surface area contributed by atoms with Crippen LogP contribution in [0.5, 0.6) is 0 Å². The fraction of sp³-hybridized carbons (Fsp3) is 0.429. The second kappa shape index (κ2) is 6.78. The van der Waals surface area contributed by atoms with Gasteiger partial charge in [-0.2, -0.15) is 0 Å². The van der Waals surface area contributed by atoms with Crippen molar-refractivity contribution in [3.8, 4) is 0 Å². The van der Waals surface area contributed by atoms with Crippen LogP contribution in [-0.2, 0) is 11.3 Å². The first kappa shape index (κ1) is 15.0. The van der Waals surface area contributed by atoms with E-state index in [1.54, 1.807) is 14.0 Å². The molecule has 0 fully saturated rings. The second-order valence-corrected chi connectivity index (χ2v) is 4.54. The van der Waals surface area contributed by atoms with Crippen molar-refractivity contribution in [2.24, 2.45) is 0 Å². The van der Waals surface area contributed by atoms with Gasteiger partial charge in [-0.25, -0.2) is 4.79 Å². The fourth-order valence-corrected chi connectivity index (χ4v) is 1.87. The number of hydrogen-bond donors (Lipinski definition) is 1. The van der Waals surface area contributed by atoms with E-state index < -0.39 is 5.97 Å². The van der Waals surface area contributed by atoms with Crippen molar-refractivity contribution in [1.29, 1.82) is 0 Å². The highest BCUT2D eigenvalue weighted by atomic mass is 16.4. The van der Waals surface area contributed by atoms with Crippen LogP contribution < -0.4 is 0 Å². The number of carbonyl (C=O) groups excluding carboxylic acids is 1. The molecule has 1 aromatic carbocycles. The van der Waals surface area contributed by atoms with E-state index in [-0.39, 0.29) is 12.6 Å². The average molecular weight is 264 g/mol. The highest BCUT2D eigenvalue weighted by molar-refractivity contribution is 5.80. The zero-order valence-corrected chi connectivity index (χ0v) is 11.6. The van der Waals surface area contributed by atoms with Gasteiger partial charge < -0.3 is 14.9 Å². The van der Waals surface area contributed by atoms with Crippen molar-refractivity contribution in [3.05, 3.63) is 35.4 Å². The minimum Gasteiger partial charge on any atom is -0.480 e. The van der Waals surface area contributed by atoms with E-state index in [0.717, 1.165) is 11.1 Å². The highest BCUT2D eigenvalue weighted by Crippen LogP contribution is 2.08. The van der Waals surface area contributed by atoms with Crippen LogP contribution in [0.4, 0.5) is 4.79 Å². The van der Waals surface area contributed by atoms with Gasteiger partial charge in [0.2, 0.25) is 0 Å². The first-order valence-corrected chi connectivity index (χ1v) is 6.21. The van der Waals surface area contributed by atoms with Gasteiger partial charge in [0.05, 0.1) is 0 Å². The molecule has 0 spiro atoms. The first-order valence-electron chi connectivity index (χ1n) is 6.21. The van der Waals surface area contributed by atoms with Gasteiger partial charge in [0.15, 0.2) is 0 Å². The molecule has 0 aliphatic rings. The van der Waals surface area contributed by atoms with Gasteiger partial charge in [-0.3, -0.25) is 4.79 Å². The third kappa shape index (κ3) is 4.62. The highest BCUT2D eigenvalue weighted by Gasteiger charge is 2.18. The Morgan fingerprint density at radius 3 is 2.53 bits per heavy atom. The van der Waals surface area contributed by atoms with Crippen LogP contribution in [-0.4, -0.2) is 47.0 Å². The lowest BCUT2D eigenvalue weighted by molar-refractivity contribution is -0.137. The molecule has 0 bridgehead atoms. The van der Waals surface area contributed by atoms with Gasteiger partial charge in [-0.1, -0.05) is 29.8 Å². The van der Waals surface area contributed by atoms with Gasteiger partial charge in [0, 0.05) is 20.1 Å². The van der Waals surface area contributed by atoms with E-state index >= 15 is 0 Å². The SMILES string of the molecule is CCN(CC(=O)O)C(=O)N(C)Cc1cccc(C)c1. The van der Waals surface area contributed by atoms with Crippen molar-refractivity contribution >= 4 is 12.0 Å². The zero-order chi connectivity index (χ0) is 14.4. The maximum Gasteiger partial charge on any atom is 0.323 e. The summed E-state index contributed by atoms with van der Waals surface area (Å²) in [6.45, 7) is 4.34. The van der Waals surface area contributed by atoms with E-state index in [2.05, 4.69) is 0 Å². The van der Waals surface area contributed by atoms with Gasteiger partial charge in [-0.15, -0.1) is 0 Å². The largest absolute Gasteiger partial charge is 0.480 e. The Morgan fingerprint density at radius 2 is 2.00 bits per heavy atom. The Bertz CT molecular complexity index is 460. The second-order valence-electron chi connectivity index (χ2n) is 4.54. The van der Waals surface area contributed by atoms with Crippen molar-refractivity contribution in [2.75, 3.05) is 20.1 Å². The molecule has 104 valence electrons. The number of rotatable bonds is 5. The Balaban J connectivity index is 2.68. The lowest BCUT2D eigenvalue weighted by Crippen LogP contribution is -2.43. The number of aryl methyl sites for hydroxylation is 1. The number of amides is 2. The Kier molecular flexibility index (Phi) is 5.36. The number of benzene rings is 1. The third-order valence-corrected chi connectivity index (χ3v) is 2.81. The van der Waals surface area contributed by atoms with Crippen molar-refractivity contribution in [2.45, 2.75) is 20.4 Å². The van der Waals surface area contributed by atoms with Crippen LogP contribution in [0.3, 0.4) is 0 Å². The average Bonchev–Trinajstić information content (AvgIpc) is 2.34. The zero-order valence-electron chi connectivity index (χ0n) is 11.6. The van der Waals surface area contributed by atoms with E-state index in [4.69, 9.17) is 5.11 Å². The summed E-state index contributed by atoms with van der Waals surface area (Å²) in [6.07, 6.45) is 0. The van der Waals surface area contributed by atoms with E-state index in [1.807, 2.05) is 31.2 Å². The molecule has 1 N–H and O–H groups in total. The molecule has 0 heterocycles.